The van der Waals surface area contributed by atoms with Crippen LogP contribution in [0, 0.1) is 13.8 Å². The average Bonchev–Trinajstić information content (AvgIpc) is 2.77. The number of unbranched alkanes of at least 4 members (excludes halogenated alkanes) is 1. The van der Waals surface area contributed by atoms with Crippen LogP contribution in [0.25, 0.3) is 11.1 Å². The van der Waals surface area contributed by atoms with E-state index < -0.39 is 0 Å². The van der Waals surface area contributed by atoms with Crippen molar-refractivity contribution in [2.75, 3.05) is 6.61 Å². The third-order valence-corrected chi connectivity index (χ3v) is 5.21. The predicted molar refractivity (Wildman–Crippen MR) is 127 cm³/mol. The first-order valence-electron chi connectivity index (χ1n) is 10.9. The minimum Gasteiger partial charge on any atom is -0.488 e. The molecule has 0 radical (unpaired) electrons. The fourth-order valence-electron chi connectivity index (χ4n) is 3.35. The van der Waals surface area contributed by atoms with Gasteiger partial charge in [-0.3, -0.25) is 9.98 Å². The van der Waals surface area contributed by atoms with Crippen LogP contribution in [0.4, 0.5) is 5.69 Å². The molecule has 0 N–H and O–H groups in total. The Morgan fingerprint density at radius 3 is 2.47 bits per heavy atom. The van der Waals surface area contributed by atoms with Crippen LogP contribution in [0.1, 0.15) is 49.9 Å². The molecule has 156 valence electrons. The summed E-state index contributed by atoms with van der Waals surface area (Å²) in [6, 6.07) is 18.9. The minimum atomic E-state index is 0.521. The summed E-state index contributed by atoms with van der Waals surface area (Å²) in [7, 11) is 0. The van der Waals surface area contributed by atoms with Crippen LogP contribution in [-0.2, 0) is 6.42 Å². The number of hydrogen-bond acceptors (Lipinski definition) is 3. The van der Waals surface area contributed by atoms with Crippen molar-refractivity contribution in [2.24, 2.45) is 4.99 Å². The molecule has 0 bridgehead atoms. The molecule has 3 heteroatoms. The summed E-state index contributed by atoms with van der Waals surface area (Å²) in [6.45, 7) is 9.05. The summed E-state index contributed by atoms with van der Waals surface area (Å²) < 4.78 is 6.03. The van der Waals surface area contributed by atoms with E-state index in [0.717, 1.165) is 59.7 Å². The smallest absolute Gasteiger partial charge is 0.126 e. The Morgan fingerprint density at radius 2 is 1.80 bits per heavy atom. The van der Waals surface area contributed by atoms with Crippen molar-refractivity contribution in [3.63, 3.8) is 0 Å². The second-order valence-corrected chi connectivity index (χ2v) is 7.78. The maximum absolute atomic E-state index is 6.03. The van der Waals surface area contributed by atoms with E-state index in [-0.39, 0.29) is 0 Å². The number of aliphatic imine (C=N–C) groups is 1. The first-order valence-corrected chi connectivity index (χ1v) is 10.9. The highest BCUT2D eigenvalue weighted by molar-refractivity contribution is 5.89. The highest BCUT2D eigenvalue weighted by Gasteiger charge is 2.06. The molecule has 0 unspecified atom stereocenters. The largest absolute Gasteiger partial charge is 0.488 e. The van der Waals surface area contributed by atoms with Gasteiger partial charge in [-0.2, -0.15) is 0 Å². The monoisotopic (exact) mass is 400 g/mol. The number of pyridine rings is 1. The van der Waals surface area contributed by atoms with Crippen molar-refractivity contribution in [3.8, 4) is 16.9 Å². The highest BCUT2D eigenvalue weighted by Crippen LogP contribution is 2.27. The third-order valence-electron chi connectivity index (χ3n) is 5.21. The molecule has 0 spiro atoms. The SMILES string of the molecule is CCCCC(COc1cccc(C)c1)=Nc1ccc(-c2ccc(CC)nc2)cc1C. The summed E-state index contributed by atoms with van der Waals surface area (Å²) in [4.78, 5) is 9.49. The van der Waals surface area contributed by atoms with Gasteiger partial charge in [-0.25, -0.2) is 0 Å². The molecule has 0 saturated heterocycles. The van der Waals surface area contributed by atoms with Crippen LogP contribution in [-0.4, -0.2) is 17.3 Å². The lowest BCUT2D eigenvalue weighted by atomic mass is 10.0. The van der Waals surface area contributed by atoms with E-state index in [2.05, 4.69) is 75.1 Å². The minimum absolute atomic E-state index is 0.521. The highest BCUT2D eigenvalue weighted by atomic mass is 16.5. The molecule has 30 heavy (non-hydrogen) atoms. The Bertz CT molecular complexity index is 990. The van der Waals surface area contributed by atoms with Gasteiger partial charge in [-0.15, -0.1) is 0 Å². The number of ether oxygens (including phenoxy) is 1. The molecule has 0 atom stereocenters. The zero-order chi connectivity index (χ0) is 21.3. The van der Waals surface area contributed by atoms with Gasteiger partial charge in [-0.05, 0) is 80.1 Å². The maximum Gasteiger partial charge on any atom is 0.126 e. The fraction of sp³-hybridized carbons (Fsp3) is 0.333. The molecule has 0 aliphatic heterocycles. The van der Waals surface area contributed by atoms with E-state index >= 15 is 0 Å². The predicted octanol–water partition coefficient (Wildman–Crippen LogP) is 7.27. The lowest BCUT2D eigenvalue weighted by Crippen LogP contribution is -2.11. The Morgan fingerprint density at radius 1 is 0.967 bits per heavy atom. The lowest BCUT2D eigenvalue weighted by Gasteiger charge is -2.11. The third kappa shape index (κ3) is 6.03. The average molecular weight is 401 g/mol. The molecule has 0 saturated carbocycles. The second kappa shape index (κ2) is 10.7. The van der Waals surface area contributed by atoms with Crippen molar-refractivity contribution in [3.05, 3.63) is 77.6 Å². The normalized spacial score (nSPS) is 11.5. The van der Waals surface area contributed by atoms with Crippen LogP contribution < -0.4 is 4.74 Å². The molecule has 3 aromatic rings. The van der Waals surface area contributed by atoms with Crippen molar-refractivity contribution in [1.82, 2.24) is 4.98 Å². The van der Waals surface area contributed by atoms with Gasteiger partial charge in [0, 0.05) is 17.5 Å². The zero-order valence-corrected chi connectivity index (χ0v) is 18.6. The number of benzene rings is 2. The molecular formula is C27H32N2O. The summed E-state index contributed by atoms with van der Waals surface area (Å²) >= 11 is 0. The molecule has 1 heterocycles. The molecule has 2 aromatic carbocycles. The van der Waals surface area contributed by atoms with Crippen LogP contribution in [0.2, 0.25) is 0 Å². The topological polar surface area (TPSA) is 34.5 Å². The van der Waals surface area contributed by atoms with Crippen molar-refractivity contribution in [2.45, 2.75) is 53.4 Å². The molecular weight excluding hydrogens is 368 g/mol. The number of rotatable bonds is 9. The van der Waals surface area contributed by atoms with E-state index in [1.54, 1.807) is 0 Å². The molecule has 3 nitrogen and oxygen atoms in total. The van der Waals surface area contributed by atoms with Crippen LogP contribution in [0.5, 0.6) is 5.75 Å². The summed E-state index contributed by atoms with van der Waals surface area (Å²) in [5, 5.41) is 0. The maximum atomic E-state index is 6.03. The molecule has 0 amide bonds. The van der Waals surface area contributed by atoms with Crippen molar-refractivity contribution >= 4 is 11.4 Å². The van der Waals surface area contributed by atoms with Crippen molar-refractivity contribution < 1.29 is 4.74 Å². The van der Waals surface area contributed by atoms with Crippen LogP contribution in [0.3, 0.4) is 0 Å². The Balaban J connectivity index is 1.78. The number of nitrogens with zero attached hydrogens (tertiary/aromatic N) is 2. The van der Waals surface area contributed by atoms with Crippen molar-refractivity contribution in [1.29, 1.82) is 0 Å². The van der Waals surface area contributed by atoms with Gasteiger partial charge in [0.15, 0.2) is 0 Å². The van der Waals surface area contributed by atoms with Gasteiger partial charge in [0.2, 0.25) is 0 Å². The second-order valence-electron chi connectivity index (χ2n) is 7.78. The Hall–Kier alpha value is -2.94. The van der Waals surface area contributed by atoms with Gasteiger partial charge < -0.3 is 4.74 Å². The number of aromatic nitrogens is 1. The molecule has 3 rings (SSSR count). The standard InChI is InChI=1S/C27H32N2O/c1-5-7-10-25(19-30-26-11-8-9-20(3)16-26)29-27-15-13-22(17-21(27)4)23-12-14-24(6-2)28-18-23/h8-9,11-18H,5-7,10,19H2,1-4H3. The first kappa shape index (κ1) is 21.8. The lowest BCUT2D eigenvalue weighted by molar-refractivity contribution is 0.373. The van der Waals surface area contributed by atoms with Gasteiger partial charge in [-0.1, -0.05) is 44.5 Å². The number of hydrogen-bond donors (Lipinski definition) is 0. The molecule has 1 aromatic heterocycles. The van der Waals surface area contributed by atoms with Crippen LogP contribution in [0.15, 0.2) is 65.8 Å². The van der Waals surface area contributed by atoms with Crippen LogP contribution >= 0.6 is 0 Å². The molecule has 0 aliphatic rings. The number of aryl methyl sites for hydroxylation is 3. The first-order chi connectivity index (χ1) is 14.6. The summed E-state index contributed by atoms with van der Waals surface area (Å²) in [5.41, 5.74) is 7.89. The summed E-state index contributed by atoms with van der Waals surface area (Å²) in [5.74, 6) is 0.897. The van der Waals surface area contributed by atoms with E-state index in [9.17, 15) is 0 Å². The van der Waals surface area contributed by atoms with E-state index in [1.807, 2.05) is 18.3 Å². The van der Waals surface area contributed by atoms with E-state index in [1.165, 1.54) is 11.1 Å². The zero-order valence-electron chi connectivity index (χ0n) is 18.6. The van der Waals surface area contributed by atoms with E-state index in [4.69, 9.17) is 9.73 Å². The molecule has 0 fully saturated rings. The van der Waals surface area contributed by atoms with Gasteiger partial charge in [0.25, 0.3) is 0 Å². The fourth-order valence-corrected chi connectivity index (χ4v) is 3.35. The van der Waals surface area contributed by atoms with Gasteiger partial charge in [0.1, 0.15) is 12.4 Å². The Labute approximate surface area is 180 Å². The summed E-state index contributed by atoms with van der Waals surface area (Å²) in [6.07, 6.45) is 6.12. The quantitative estimate of drug-likeness (QED) is 0.354. The van der Waals surface area contributed by atoms with E-state index in [0.29, 0.717) is 6.61 Å². The Kier molecular flexibility index (Phi) is 7.78. The molecule has 0 aliphatic carbocycles. The van der Waals surface area contributed by atoms with Gasteiger partial charge >= 0.3 is 0 Å². The van der Waals surface area contributed by atoms with Gasteiger partial charge in [0.05, 0.1) is 11.4 Å².